The lowest BCUT2D eigenvalue weighted by atomic mass is 10.1. The first kappa shape index (κ1) is 13.4. The van der Waals surface area contributed by atoms with E-state index in [1.807, 2.05) is 0 Å². The summed E-state index contributed by atoms with van der Waals surface area (Å²) >= 11 is 0. The van der Waals surface area contributed by atoms with Crippen LogP contribution in [-0.4, -0.2) is 30.1 Å². The second kappa shape index (κ2) is 4.71. The lowest BCUT2D eigenvalue weighted by molar-refractivity contribution is 0.0886. The average Bonchev–Trinajstić information content (AvgIpc) is 2.13. The summed E-state index contributed by atoms with van der Waals surface area (Å²) in [6.07, 6.45) is 0. The molecule has 0 aromatic heterocycles. The van der Waals surface area contributed by atoms with Crippen molar-refractivity contribution in [1.82, 2.24) is 0 Å². The van der Waals surface area contributed by atoms with Crippen LogP contribution >= 0.6 is 0 Å². The molecular formula is C12H18FN3O. The number of likely N-dealkylation sites (N-methyl/N-ethyl adjacent to an activating group) is 1. The van der Waals surface area contributed by atoms with Crippen LogP contribution < -0.4 is 10.6 Å². The van der Waals surface area contributed by atoms with Crippen LogP contribution in [0.4, 0.5) is 10.1 Å². The van der Waals surface area contributed by atoms with Crippen molar-refractivity contribution in [3.8, 4) is 0 Å². The fraction of sp³-hybridized carbons (Fsp3) is 0.417. The zero-order chi connectivity index (χ0) is 13.2. The lowest BCUT2D eigenvalue weighted by Gasteiger charge is -2.28. The summed E-state index contributed by atoms with van der Waals surface area (Å²) in [6, 6.07) is 4.49. The van der Waals surface area contributed by atoms with Crippen LogP contribution in [0.2, 0.25) is 0 Å². The quantitative estimate of drug-likeness (QED) is 0.548. The third-order valence-corrected chi connectivity index (χ3v) is 2.30. The highest BCUT2D eigenvalue weighted by molar-refractivity contribution is 6.00. The topological polar surface area (TPSA) is 73.3 Å². The predicted molar refractivity (Wildman–Crippen MR) is 67.0 cm³/mol. The van der Waals surface area contributed by atoms with E-state index in [4.69, 9.17) is 11.1 Å². The maximum absolute atomic E-state index is 13.6. The van der Waals surface area contributed by atoms with Gasteiger partial charge in [0.05, 0.1) is 16.9 Å². The molecule has 0 saturated heterocycles. The van der Waals surface area contributed by atoms with Gasteiger partial charge in [-0.05, 0) is 26.0 Å². The summed E-state index contributed by atoms with van der Waals surface area (Å²) < 4.78 is 13.6. The van der Waals surface area contributed by atoms with Gasteiger partial charge in [0.15, 0.2) is 0 Å². The summed E-state index contributed by atoms with van der Waals surface area (Å²) in [5.41, 5.74) is 5.03. The Labute approximate surface area is 100 Å². The maximum atomic E-state index is 13.6. The zero-order valence-electron chi connectivity index (χ0n) is 10.3. The Morgan fingerprint density at radius 1 is 1.53 bits per heavy atom. The molecule has 4 nitrogen and oxygen atoms in total. The summed E-state index contributed by atoms with van der Waals surface area (Å²) in [5.74, 6) is -0.849. The van der Waals surface area contributed by atoms with E-state index >= 15 is 0 Å². The van der Waals surface area contributed by atoms with Crippen LogP contribution in [0.5, 0.6) is 0 Å². The molecule has 0 saturated carbocycles. The van der Waals surface area contributed by atoms with E-state index in [0.29, 0.717) is 12.2 Å². The van der Waals surface area contributed by atoms with Crippen molar-refractivity contribution in [3.63, 3.8) is 0 Å². The van der Waals surface area contributed by atoms with Crippen LogP contribution in [0, 0.1) is 11.2 Å². The molecule has 1 aromatic rings. The number of aliphatic hydroxyl groups is 1. The third kappa shape index (κ3) is 3.42. The van der Waals surface area contributed by atoms with Gasteiger partial charge < -0.3 is 15.7 Å². The Hall–Kier alpha value is -1.62. The summed E-state index contributed by atoms with van der Waals surface area (Å²) in [6.45, 7) is 3.64. The number of nitrogens with one attached hydrogen (secondary N) is 1. The fourth-order valence-corrected chi connectivity index (χ4v) is 1.76. The SMILES string of the molecule is CN(CC(C)(C)O)c1cccc(F)c1C(=N)N. The van der Waals surface area contributed by atoms with Crippen molar-refractivity contribution in [1.29, 1.82) is 5.41 Å². The Bertz CT molecular complexity index is 426. The first-order chi connectivity index (χ1) is 7.72. The summed E-state index contributed by atoms with van der Waals surface area (Å²) in [5, 5.41) is 17.1. The Morgan fingerprint density at radius 2 is 2.12 bits per heavy atom. The van der Waals surface area contributed by atoms with Crippen LogP contribution in [0.1, 0.15) is 19.4 Å². The molecule has 0 amide bonds. The first-order valence-electron chi connectivity index (χ1n) is 5.29. The number of nitrogens with zero attached hydrogens (tertiary/aromatic N) is 1. The molecule has 0 aliphatic heterocycles. The molecule has 4 N–H and O–H groups in total. The van der Waals surface area contributed by atoms with Gasteiger partial charge >= 0.3 is 0 Å². The molecule has 0 atom stereocenters. The molecule has 0 radical (unpaired) electrons. The molecule has 1 rings (SSSR count). The van der Waals surface area contributed by atoms with Crippen molar-refractivity contribution >= 4 is 11.5 Å². The number of anilines is 1. The highest BCUT2D eigenvalue weighted by Crippen LogP contribution is 2.23. The minimum Gasteiger partial charge on any atom is -0.389 e. The van der Waals surface area contributed by atoms with Crippen molar-refractivity contribution in [2.75, 3.05) is 18.5 Å². The van der Waals surface area contributed by atoms with E-state index in [-0.39, 0.29) is 11.4 Å². The third-order valence-electron chi connectivity index (χ3n) is 2.30. The normalized spacial score (nSPS) is 11.4. The molecule has 0 bridgehead atoms. The number of rotatable bonds is 4. The van der Waals surface area contributed by atoms with Crippen molar-refractivity contribution in [2.24, 2.45) is 5.73 Å². The first-order valence-corrected chi connectivity index (χ1v) is 5.29. The number of nitrogens with two attached hydrogens (primary N) is 1. The van der Waals surface area contributed by atoms with Gasteiger partial charge in [0.25, 0.3) is 0 Å². The van der Waals surface area contributed by atoms with Gasteiger partial charge in [0.2, 0.25) is 0 Å². The van der Waals surface area contributed by atoms with E-state index in [0.717, 1.165) is 0 Å². The number of halogens is 1. The molecule has 94 valence electrons. The smallest absolute Gasteiger partial charge is 0.136 e. The predicted octanol–water partition coefficient (Wildman–Crippen LogP) is 1.32. The monoisotopic (exact) mass is 239 g/mol. The Morgan fingerprint density at radius 3 is 2.59 bits per heavy atom. The molecule has 17 heavy (non-hydrogen) atoms. The number of nitrogen functional groups attached to an aromatic ring is 1. The average molecular weight is 239 g/mol. The zero-order valence-corrected chi connectivity index (χ0v) is 10.3. The second-order valence-electron chi connectivity index (χ2n) is 4.72. The molecule has 5 heteroatoms. The molecule has 0 heterocycles. The molecule has 0 aliphatic carbocycles. The van der Waals surface area contributed by atoms with Gasteiger partial charge in [-0.15, -0.1) is 0 Å². The fourth-order valence-electron chi connectivity index (χ4n) is 1.76. The number of hydrogen-bond acceptors (Lipinski definition) is 3. The molecule has 0 fully saturated rings. The van der Waals surface area contributed by atoms with Gasteiger partial charge in [0.1, 0.15) is 11.7 Å². The molecule has 0 unspecified atom stereocenters. The standard InChI is InChI=1S/C12H18FN3O/c1-12(2,17)7-16(3)9-6-4-5-8(13)10(9)11(14)15/h4-6,17H,7H2,1-3H3,(H3,14,15). The molecule has 0 aliphatic rings. The number of amidine groups is 1. The Kier molecular flexibility index (Phi) is 3.72. The largest absolute Gasteiger partial charge is 0.389 e. The van der Waals surface area contributed by atoms with Crippen molar-refractivity contribution in [3.05, 3.63) is 29.6 Å². The summed E-state index contributed by atoms with van der Waals surface area (Å²) in [7, 11) is 1.72. The van der Waals surface area contributed by atoms with E-state index in [9.17, 15) is 9.50 Å². The number of benzene rings is 1. The molecule has 1 aromatic carbocycles. The highest BCUT2D eigenvalue weighted by atomic mass is 19.1. The van der Waals surface area contributed by atoms with Crippen molar-refractivity contribution < 1.29 is 9.50 Å². The van der Waals surface area contributed by atoms with Crippen LogP contribution in [-0.2, 0) is 0 Å². The van der Waals surface area contributed by atoms with Crippen molar-refractivity contribution in [2.45, 2.75) is 19.4 Å². The van der Waals surface area contributed by atoms with E-state index in [1.165, 1.54) is 6.07 Å². The van der Waals surface area contributed by atoms with Gasteiger partial charge in [-0.1, -0.05) is 6.07 Å². The van der Waals surface area contributed by atoms with Gasteiger partial charge in [0, 0.05) is 13.6 Å². The minimum absolute atomic E-state index is 0.0688. The Balaban J connectivity index is 3.13. The number of hydrogen-bond donors (Lipinski definition) is 3. The van der Waals surface area contributed by atoms with E-state index in [1.54, 1.807) is 37.9 Å². The molecule has 0 spiro atoms. The van der Waals surface area contributed by atoms with E-state index < -0.39 is 11.4 Å². The van der Waals surface area contributed by atoms with Crippen LogP contribution in [0.15, 0.2) is 18.2 Å². The summed E-state index contributed by atoms with van der Waals surface area (Å²) in [4.78, 5) is 1.68. The van der Waals surface area contributed by atoms with E-state index in [2.05, 4.69) is 0 Å². The maximum Gasteiger partial charge on any atom is 0.136 e. The molecular weight excluding hydrogens is 221 g/mol. The van der Waals surface area contributed by atoms with Crippen LogP contribution in [0.3, 0.4) is 0 Å². The lowest BCUT2D eigenvalue weighted by Crippen LogP contribution is -2.37. The second-order valence-corrected chi connectivity index (χ2v) is 4.72. The van der Waals surface area contributed by atoms with Gasteiger partial charge in [-0.25, -0.2) is 4.39 Å². The van der Waals surface area contributed by atoms with Gasteiger partial charge in [-0.2, -0.15) is 0 Å². The van der Waals surface area contributed by atoms with Gasteiger partial charge in [-0.3, -0.25) is 5.41 Å². The highest BCUT2D eigenvalue weighted by Gasteiger charge is 2.20. The minimum atomic E-state index is -0.908. The van der Waals surface area contributed by atoms with Crippen LogP contribution in [0.25, 0.3) is 0 Å².